The fourth-order valence-electron chi connectivity index (χ4n) is 4.74. The lowest BCUT2D eigenvalue weighted by Gasteiger charge is -2.36. The van der Waals surface area contributed by atoms with E-state index in [1.165, 1.54) is 18.2 Å². The van der Waals surface area contributed by atoms with Gasteiger partial charge in [-0.3, -0.25) is 4.98 Å². The average molecular weight is 641 g/mol. The van der Waals surface area contributed by atoms with Crippen LogP contribution in [0.3, 0.4) is 0 Å². The predicted octanol–water partition coefficient (Wildman–Crippen LogP) is 7.04. The molecule has 0 bridgehead atoms. The highest BCUT2D eigenvalue weighted by molar-refractivity contribution is 14.1. The van der Waals surface area contributed by atoms with E-state index in [9.17, 15) is 22.4 Å². The molecule has 5 nitrogen and oxygen atoms in total. The van der Waals surface area contributed by atoms with Crippen LogP contribution in [0, 0.1) is 3.57 Å². The number of carbonyl (C=O) groups excluding carboxylic acids is 1. The molecule has 0 saturated heterocycles. The Kier molecular flexibility index (Phi) is 9.11. The summed E-state index contributed by atoms with van der Waals surface area (Å²) in [6.45, 7) is 0. The number of hydrogen-bond acceptors (Lipinski definition) is 3. The third kappa shape index (κ3) is 6.95. The number of urea groups is 1. The van der Waals surface area contributed by atoms with Crippen LogP contribution in [0.2, 0.25) is 0 Å². The molecule has 1 fully saturated rings. The van der Waals surface area contributed by atoms with Crippen LogP contribution in [0.25, 0.3) is 0 Å². The van der Waals surface area contributed by atoms with Crippen LogP contribution in [0.4, 0.5) is 22.4 Å². The largest absolute Gasteiger partial charge is 0.461 e. The van der Waals surface area contributed by atoms with Crippen molar-refractivity contribution in [2.24, 2.45) is 0 Å². The molecule has 1 aliphatic carbocycles. The number of hydrogen-bond donors (Lipinski definition) is 2. The Hall–Kier alpha value is -2.89. The van der Waals surface area contributed by atoms with Gasteiger partial charge < -0.3 is 15.4 Å². The van der Waals surface area contributed by atoms with Gasteiger partial charge in [-0.25, -0.2) is 4.79 Å². The number of amides is 2. The lowest BCUT2D eigenvalue weighted by atomic mass is 9.80. The van der Waals surface area contributed by atoms with Gasteiger partial charge >= 0.3 is 18.6 Å². The first-order valence-corrected chi connectivity index (χ1v) is 13.5. The number of nitrogens with zero attached hydrogens (tertiary/aromatic N) is 1. The smallest absolute Gasteiger partial charge is 0.428 e. The summed E-state index contributed by atoms with van der Waals surface area (Å²) in [5.74, 6) is -0.453. The Morgan fingerprint density at radius 1 is 1.03 bits per heavy atom. The minimum Gasteiger partial charge on any atom is -0.428 e. The van der Waals surface area contributed by atoms with Crippen LogP contribution >= 0.6 is 22.6 Å². The van der Waals surface area contributed by atoms with Crippen LogP contribution in [-0.4, -0.2) is 29.6 Å². The van der Waals surface area contributed by atoms with Crippen molar-refractivity contribution in [3.63, 3.8) is 0 Å². The van der Waals surface area contributed by atoms with Crippen molar-refractivity contribution >= 4 is 28.6 Å². The normalized spacial score (nSPS) is 16.1. The Morgan fingerprint density at radius 2 is 1.76 bits per heavy atom. The topological polar surface area (TPSA) is 63.2 Å². The molecule has 1 aliphatic rings. The van der Waals surface area contributed by atoms with Gasteiger partial charge in [-0.15, -0.1) is 0 Å². The lowest BCUT2D eigenvalue weighted by molar-refractivity contribution is -0.253. The van der Waals surface area contributed by atoms with Crippen molar-refractivity contribution in [1.82, 2.24) is 15.6 Å². The van der Waals surface area contributed by atoms with E-state index in [0.717, 1.165) is 41.2 Å². The molecule has 0 spiro atoms. The molecule has 4 rings (SSSR count). The highest BCUT2D eigenvalue weighted by Crippen LogP contribution is 2.36. The van der Waals surface area contributed by atoms with Crippen LogP contribution < -0.4 is 15.4 Å². The fraction of sp³-hybridized carbons (Fsp3) is 0.357. The van der Waals surface area contributed by atoms with Gasteiger partial charge in [0.1, 0.15) is 11.3 Å². The van der Waals surface area contributed by atoms with Gasteiger partial charge in [-0.1, -0.05) is 61.7 Å². The summed E-state index contributed by atoms with van der Waals surface area (Å²) in [6, 6.07) is 18.0. The number of carbonyl (C=O) groups is 1. The Bertz CT molecular complexity index is 1210. The molecule has 1 atom stereocenters. The van der Waals surface area contributed by atoms with Crippen molar-refractivity contribution in [3.8, 4) is 5.75 Å². The first-order chi connectivity index (χ1) is 18.2. The molecule has 10 heteroatoms. The van der Waals surface area contributed by atoms with Crippen LogP contribution in [-0.2, 0) is 12.0 Å². The molecular formula is C28H28F4IN3O2. The molecule has 0 radical (unpaired) electrons. The molecule has 1 aromatic heterocycles. The van der Waals surface area contributed by atoms with Gasteiger partial charge in [0, 0.05) is 22.2 Å². The number of halogens is 5. The van der Waals surface area contributed by atoms with Gasteiger partial charge in [0.05, 0.1) is 5.69 Å². The maximum absolute atomic E-state index is 13.8. The van der Waals surface area contributed by atoms with Crippen molar-refractivity contribution in [3.05, 3.63) is 93.3 Å². The Morgan fingerprint density at radius 3 is 2.42 bits per heavy atom. The first-order valence-electron chi connectivity index (χ1n) is 12.4. The van der Waals surface area contributed by atoms with Gasteiger partial charge in [0.25, 0.3) is 0 Å². The zero-order valence-electron chi connectivity index (χ0n) is 20.5. The summed E-state index contributed by atoms with van der Waals surface area (Å²) in [5.41, 5.74) is 0.328. The monoisotopic (exact) mass is 641 g/mol. The van der Waals surface area contributed by atoms with E-state index in [-0.39, 0.29) is 12.5 Å². The quantitative estimate of drug-likeness (QED) is 0.195. The molecule has 0 unspecified atom stereocenters. The van der Waals surface area contributed by atoms with Gasteiger partial charge in [0.15, 0.2) is 0 Å². The number of aromatic nitrogens is 1. The van der Waals surface area contributed by atoms with Gasteiger partial charge in [0.2, 0.25) is 0 Å². The van der Waals surface area contributed by atoms with Crippen LogP contribution in [0.1, 0.15) is 48.9 Å². The molecule has 202 valence electrons. The summed E-state index contributed by atoms with van der Waals surface area (Å²) < 4.78 is 58.6. The Labute approximate surface area is 232 Å². The summed E-state index contributed by atoms with van der Waals surface area (Å²) in [4.78, 5) is 18.0. The van der Waals surface area contributed by atoms with Crippen molar-refractivity contribution < 1.29 is 27.1 Å². The maximum atomic E-state index is 13.8. The van der Waals surface area contributed by atoms with Crippen molar-refractivity contribution in [2.45, 2.75) is 62.6 Å². The summed E-state index contributed by atoms with van der Waals surface area (Å²) in [5, 5.41) is 6.13. The van der Waals surface area contributed by atoms with E-state index in [1.807, 2.05) is 36.4 Å². The summed E-state index contributed by atoms with van der Waals surface area (Å²) >= 11 is 2.11. The second-order valence-electron chi connectivity index (χ2n) is 9.36. The number of pyridine rings is 1. The predicted molar refractivity (Wildman–Crippen MR) is 144 cm³/mol. The number of benzene rings is 2. The third-order valence-electron chi connectivity index (χ3n) is 6.58. The van der Waals surface area contributed by atoms with E-state index in [2.05, 4.69) is 42.9 Å². The van der Waals surface area contributed by atoms with Crippen LogP contribution in [0.5, 0.6) is 5.75 Å². The average Bonchev–Trinajstić information content (AvgIpc) is 2.89. The molecule has 1 saturated carbocycles. The lowest BCUT2D eigenvalue weighted by Crippen LogP contribution is -2.54. The van der Waals surface area contributed by atoms with Crippen molar-refractivity contribution in [2.75, 3.05) is 0 Å². The van der Waals surface area contributed by atoms with Crippen molar-refractivity contribution in [1.29, 1.82) is 0 Å². The maximum Gasteiger partial charge on any atom is 0.461 e. The van der Waals surface area contributed by atoms with E-state index in [1.54, 1.807) is 18.3 Å². The first kappa shape index (κ1) is 28.1. The minimum absolute atomic E-state index is 0.0160. The second-order valence-corrected chi connectivity index (χ2v) is 10.6. The van der Waals surface area contributed by atoms with E-state index in [4.69, 9.17) is 0 Å². The summed E-state index contributed by atoms with van der Waals surface area (Å²) in [7, 11) is 0. The van der Waals surface area contributed by atoms with E-state index in [0.29, 0.717) is 11.3 Å². The SMILES string of the molecule is O=C(NC1CCCCC1)N[C@@](Cc1ccccc1)(c1cccc(OC(F)(F)C(F)F)c1)c1ccc(I)cn1. The molecule has 2 N–H and O–H groups in total. The fourth-order valence-corrected chi connectivity index (χ4v) is 5.06. The molecule has 3 aromatic rings. The molecular weight excluding hydrogens is 613 g/mol. The molecule has 1 heterocycles. The molecule has 38 heavy (non-hydrogen) atoms. The van der Waals surface area contributed by atoms with E-state index < -0.39 is 29.9 Å². The number of rotatable bonds is 9. The van der Waals surface area contributed by atoms with Gasteiger partial charge in [-0.05, 0) is 70.8 Å². The number of alkyl halides is 4. The molecule has 0 aliphatic heterocycles. The number of ether oxygens (including phenoxy) is 1. The minimum atomic E-state index is -4.67. The summed E-state index contributed by atoms with van der Waals surface area (Å²) in [6.07, 6.45) is -1.91. The third-order valence-corrected chi connectivity index (χ3v) is 7.22. The molecule has 2 aromatic carbocycles. The van der Waals surface area contributed by atoms with Crippen LogP contribution in [0.15, 0.2) is 72.9 Å². The van der Waals surface area contributed by atoms with Gasteiger partial charge in [-0.2, -0.15) is 17.6 Å². The number of nitrogens with one attached hydrogen (secondary N) is 2. The zero-order valence-corrected chi connectivity index (χ0v) is 22.6. The standard InChI is InChI=1S/C28H28F4IN3O2/c29-25(30)28(31,32)38-23-13-7-10-20(16-23)27(17-19-8-3-1-4-9-19,24-15-14-21(33)18-34-24)36-26(37)35-22-11-5-2-6-12-22/h1,3-4,7-10,13-16,18,22,25H,2,5-6,11-12,17H2,(H2,35,36,37)/t27-/m0/s1. The highest BCUT2D eigenvalue weighted by atomic mass is 127. The second kappa shape index (κ2) is 12.3. The molecule has 2 amide bonds. The zero-order chi connectivity index (χ0) is 27.2. The van der Waals surface area contributed by atoms with E-state index >= 15 is 0 Å². The Balaban J connectivity index is 1.80. The highest BCUT2D eigenvalue weighted by Gasteiger charge is 2.44.